The van der Waals surface area contributed by atoms with E-state index >= 15 is 0 Å². The van der Waals surface area contributed by atoms with E-state index in [1.807, 2.05) is 0 Å². The minimum atomic E-state index is 0.251. The quantitative estimate of drug-likeness (QED) is 0.389. The van der Waals surface area contributed by atoms with Crippen LogP contribution in [0.4, 0.5) is 0 Å². The summed E-state index contributed by atoms with van der Waals surface area (Å²) in [6, 6.07) is 0. The van der Waals surface area contributed by atoms with Gasteiger partial charge in [-0.3, -0.25) is 4.79 Å². The standard InChI is InChI=1S/C18H37NO/c1-3-5-7-9-10-11-12-13-15-17-19-18(20)16-14-8-6-4-2/h3-17H2,1-2H3,(H,19,20). The summed E-state index contributed by atoms with van der Waals surface area (Å²) >= 11 is 0. The number of carbonyl (C=O) groups is 1. The molecule has 0 unspecified atom stereocenters. The first-order chi connectivity index (χ1) is 9.81. The lowest BCUT2D eigenvalue weighted by Crippen LogP contribution is -2.23. The van der Waals surface area contributed by atoms with Gasteiger partial charge in [0.1, 0.15) is 0 Å². The van der Waals surface area contributed by atoms with Gasteiger partial charge in [-0.2, -0.15) is 0 Å². The van der Waals surface area contributed by atoms with Crippen LogP contribution < -0.4 is 5.32 Å². The van der Waals surface area contributed by atoms with E-state index in [0.29, 0.717) is 0 Å². The van der Waals surface area contributed by atoms with Crippen LogP contribution in [0.1, 0.15) is 104 Å². The first-order valence-electron chi connectivity index (χ1n) is 9.08. The van der Waals surface area contributed by atoms with Crippen molar-refractivity contribution in [1.29, 1.82) is 0 Å². The lowest BCUT2D eigenvalue weighted by molar-refractivity contribution is -0.121. The highest BCUT2D eigenvalue weighted by atomic mass is 16.1. The van der Waals surface area contributed by atoms with Crippen molar-refractivity contribution in [2.24, 2.45) is 0 Å². The predicted octanol–water partition coefficient (Wildman–Crippen LogP) is 5.60. The molecule has 120 valence electrons. The summed E-state index contributed by atoms with van der Waals surface area (Å²) < 4.78 is 0. The Labute approximate surface area is 127 Å². The van der Waals surface area contributed by atoms with E-state index < -0.39 is 0 Å². The lowest BCUT2D eigenvalue weighted by atomic mass is 10.1. The minimum Gasteiger partial charge on any atom is -0.356 e. The summed E-state index contributed by atoms with van der Waals surface area (Å²) in [7, 11) is 0. The highest BCUT2D eigenvalue weighted by Gasteiger charge is 1.99. The summed E-state index contributed by atoms with van der Waals surface area (Å²) in [6.07, 6.45) is 17.5. The van der Waals surface area contributed by atoms with Gasteiger partial charge in [0.15, 0.2) is 0 Å². The number of amides is 1. The third-order valence-electron chi connectivity index (χ3n) is 3.86. The zero-order chi connectivity index (χ0) is 14.9. The fourth-order valence-corrected chi connectivity index (χ4v) is 2.46. The van der Waals surface area contributed by atoms with Gasteiger partial charge in [-0.1, -0.05) is 84.5 Å². The number of carbonyl (C=O) groups excluding carboxylic acids is 1. The third-order valence-corrected chi connectivity index (χ3v) is 3.86. The fourth-order valence-electron chi connectivity index (χ4n) is 2.46. The van der Waals surface area contributed by atoms with Gasteiger partial charge in [0, 0.05) is 13.0 Å². The van der Waals surface area contributed by atoms with Crippen LogP contribution in [0.5, 0.6) is 0 Å². The van der Waals surface area contributed by atoms with Gasteiger partial charge in [0.05, 0.1) is 0 Å². The van der Waals surface area contributed by atoms with Crippen molar-refractivity contribution in [1.82, 2.24) is 5.32 Å². The molecule has 0 saturated heterocycles. The maximum absolute atomic E-state index is 11.5. The van der Waals surface area contributed by atoms with Crippen LogP contribution in [0.25, 0.3) is 0 Å². The molecular formula is C18H37NO. The lowest BCUT2D eigenvalue weighted by Gasteiger charge is -2.05. The Morgan fingerprint density at radius 3 is 1.65 bits per heavy atom. The highest BCUT2D eigenvalue weighted by molar-refractivity contribution is 5.75. The molecule has 2 nitrogen and oxygen atoms in total. The van der Waals surface area contributed by atoms with Crippen LogP contribution >= 0.6 is 0 Å². The predicted molar refractivity (Wildman–Crippen MR) is 89.0 cm³/mol. The SMILES string of the molecule is CCCCCCCCCCCNC(=O)CCCCCC. The molecule has 0 aliphatic rings. The van der Waals surface area contributed by atoms with Crippen molar-refractivity contribution >= 4 is 5.91 Å². The van der Waals surface area contributed by atoms with E-state index in [0.717, 1.165) is 25.8 Å². The van der Waals surface area contributed by atoms with Crippen LogP contribution in [0.15, 0.2) is 0 Å². The smallest absolute Gasteiger partial charge is 0.219 e. The second-order valence-corrected chi connectivity index (χ2v) is 5.99. The normalized spacial score (nSPS) is 10.7. The van der Waals surface area contributed by atoms with E-state index in [1.54, 1.807) is 0 Å². The Kier molecular flexibility index (Phi) is 16.1. The molecule has 0 aliphatic carbocycles. The van der Waals surface area contributed by atoms with E-state index in [4.69, 9.17) is 0 Å². The number of nitrogens with one attached hydrogen (secondary N) is 1. The maximum Gasteiger partial charge on any atom is 0.219 e. The molecule has 1 N–H and O–H groups in total. The van der Waals surface area contributed by atoms with Crippen molar-refractivity contribution in [3.05, 3.63) is 0 Å². The fraction of sp³-hybridized carbons (Fsp3) is 0.944. The summed E-state index contributed by atoms with van der Waals surface area (Å²) in [5.74, 6) is 0.251. The molecule has 0 heterocycles. The number of rotatable bonds is 15. The molecule has 0 aromatic heterocycles. The van der Waals surface area contributed by atoms with Crippen LogP contribution in [0, 0.1) is 0 Å². The topological polar surface area (TPSA) is 29.1 Å². The molecule has 20 heavy (non-hydrogen) atoms. The summed E-state index contributed by atoms with van der Waals surface area (Å²) in [4.78, 5) is 11.5. The molecule has 0 aromatic rings. The minimum absolute atomic E-state index is 0.251. The van der Waals surface area contributed by atoms with Gasteiger partial charge < -0.3 is 5.32 Å². The highest BCUT2D eigenvalue weighted by Crippen LogP contribution is 2.09. The zero-order valence-electron chi connectivity index (χ0n) is 14.0. The molecule has 0 rings (SSSR count). The van der Waals surface area contributed by atoms with Crippen molar-refractivity contribution < 1.29 is 4.79 Å². The Bertz CT molecular complexity index is 204. The van der Waals surface area contributed by atoms with Crippen LogP contribution in [-0.2, 0) is 4.79 Å². The van der Waals surface area contributed by atoms with Gasteiger partial charge in [-0.25, -0.2) is 0 Å². The van der Waals surface area contributed by atoms with Crippen molar-refractivity contribution in [2.75, 3.05) is 6.54 Å². The average Bonchev–Trinajstić information content (AvgIpc) is 2.45. The van der Waals surface area contributed by atoms with Crippen LogP contribution in [-0.4, -0.2) is 12.5 Å². The molecule has 0 spiro atoms. The Morgan fingerprint density at radius 2 is 1.10 bits per heavy atom. The molecule has 0 aliphatic heterocycles. The molecule has 0 bridgehead atoms. The number of hydrogen-bond donors (Lipinski definition) is 1. The molecule has 1 amide bonds. The average molecular weight is 284 g/mol. The number of hydrogen-bond acceptors (Lipinski definition) is 1. The van der Waals surface area contributed by atoms with E-state index in [-0.39, 0.29) is 5.91 Å². The van der Waals surface area contributed by atoms with Crippen LogP contribution in [0.2, 0.25) is 0 Å². The first kappa shape index (κ1) is 19.5. The second kappa shape index (κ2) is 16.5. The van der Waals surface area contributed by atoms with Gasteiger partial charge in [0.2, 0.25) is 5.91 Å². The third kappa shape index (κ3) is 15.5. The van der Waals surface area contributed by atoms with E-state index in [1.165, 1.54) is 70.6 Å². The van der Waals surface area contributed by atoms with Crippen molar-refractivity contribution in [3.63, 3.8) is 0 Å². The molecule has 0 radical (unpaired) electrons. The summed E-state index contributed by atoms with van der Waals surface area (Å²) in [6.45, 7) is 5.34. The maximum atomic E-state index is 11.5. The molecular weight excluding hydrogens is 246 g/mol. The Balaban J connectivity index is 3.09. The van der Waals surface area contributed by atoms with Crippen molar-refractivity contribution in [2.45, 2.75) is 104 Å². The van der Waals surface area contributed by atoms with Gasteiger partial charge in [-0.15, -0.1) is 0 Å². The molecule has 0 saturated carbocycles. The van der Waals surface area contributed by atoms with Gasteiger partial charge >= 0.3 is 0 Å². The van der Waals surface area contributed by atoms with Gasteiger partial charge in [-0.05, 0) is 12.8 Å². The summed E-state index contributed by atoms with van der Waals surface area (Å²) in [5, 5.41) is 3.04. The van der Waals surface area contributed by atoms with E-state index in [2.05, 4.69) is 19.2 Å². The molecule has 0 fully saturated rings. The first-order valence-corrected chi connectivity index (χ1v) is 9.08. The van der Waals surface area contributed by atoms with E-state index in [9.17, 15) is 4.79 Å². The summed E-state index contributed by atoms with van der Waals surface area (Å²) in [5.41, 5.74) is 0. The largest absolute Gasteiger partial charge is 0.356 e. The molecule has 0 atom stereocenters. The second-order valence-electron chi connectivity index (χ2n) is 5.99. The Hall–Kier alpha value is -0.530. The monoisotopic (exact) mass is 283 g/mol. The zero-order valence-corrected chi connectivity index (χ0v) is 14.0. The van der Waals surface area contributed by atoms with Crippen LogP contribution in [0.3, 0.4) is 0 Å². The van der Waals surface area contributed by atoms with Gasteiger partial charge in [0.25, 0.3) is 0 Å². The molecule has 2 heteroatoms. The van der Waals surface area contributed by atoms with Crippen molar-refractivity contribution in [3.8, 4) is 0 Å². The Morgan fingerprint density at radius 1 is 0.650 bits per heavy atom. The molecule has 0 aromatic carbocycles. The number of unbranched alkanes of at least 4 members (excludes halogenated alkanes) is 11.